The third kappa shape index (κ3) is 3.62. The summed E-state index contributed by atoms with van der Waals surface area (Å²) in [6, 6.07) is 0. The van der Waals surface area contributed by atoms with Gasteiger partial charge in [-0.05, 0) is 0 Å². The van der Waals surface area contributed by atoms with Crippen LogP contribution in [0.2, 0.25) is 0 Å². The van der Waals surface area contributed by atoms with E-state index in [1.165, 1.54) is 0 Å². The normalized spacial score (nSPS) is 27.6. The van der Waals surface area contributed by atoms with Crippen LogP contribution in [0.5, 0.6) is 0 Å². The second-order valence-corrected chi connectivity index (χ2v) is 16.3. The van der Waals surface area contributed by atoms with E-state index in [2.05, 4.69) is 0 Å². The molecule has 196 valence electrons. The van der Waals surface area contributed by atoms with Crippen LogP contribution in [0.1, 0.15) is 38.5 Å². The Hall–Kier alpha value is -0.460. The summed E-state index contributed by atoms with van der Waals surface area (Å²) in [4.78, 5) is 0. The number of unbranched alkanes of at least 4 members (excludes halogenated alkanes) is 4. The minimum absolute atomic E-state index is 0.277. The van der Waals surface area contributed by atoms with Gasteiger partial charge in [-0.2, -0.15) is 0 Å². The van der Waals surface area contributed by atoms with Crippen molar-refractivity contribution in [3.8, 4) is 0 Å². The molecule has 0 aromatic carbocycles. The average molecular weight is 633 g/mol. The number of hydrogen-bond acceptors (Lipinski definition) is 0. The molecule has 0 amide bonds. The first kappa shape index (κ1) is 29.6. The quantitative estimate of drug-likeness (QED) is 0.142. The molecule has 1 rings (SSSR count). The number of hydrogen-bond donors (Lipinski definition) is 0. The molecule has 0 N–H and O–H groups in total. The molecule has 0 heterocycles. The third-order valence-corrected chi connectivity index (χ3v) is 12.5. The maximum atomic E-state index is 14.4. The predicted molar refractivity (Wildman–Crippen MR) is 71.6 cm³/mol. The van der Waals surface area contributed by atoms with E-state index >= 15 is 0 Å². The van der Waals surface area contributed by atoms with Gasteiger partial charge in [0, 0.05) is 0 Å². The van der Waals surface area contributed by atoms with Crippen molar-refractivity contribution in [1.82, 2.24) is 0 Å². The number of alkyl halides is 15. The van der Waals surface area contributed by atoms with Gasteiger partial charge in [0.05, 0.1) is 0 Å². The second-order valence-electron chi connectivity index (χ2n) is 7.23. The summed E-state index contributed by atoms with van der Waals surface area (Å²) in [6.07, 6.45) is -7.44. The molecule has 0 aromatic rings. The zero-order valence-electron chi connectivity index (χ0n) is 15.3. The fraction of sp³-hybridized carbons (Fsp3) is 1.00. The molecule has 0 aliphatic heterocycles. The molecule has 1 fully saturated rings. The van der Waals surface area contributed by atoms with Gasteiger partial charge < -0.3 is 0 Å². The van der Waals surface area contributed by atoms with Gasteiger partial charge >= 0.3 is 169 Å². The molecule has 0 saturated heterocycles. The Bertz CT molecular complexity index is 675. The van der Waals surface area contributed by atoms with Crippen LogP contribution in [-0.2, 0) is 0 Å². The third-order valence-electron chi connectivity index (χ3n) is 4.88. The molecule has 0 aromatic heterocycles. The van der Waals surface area contributed by atoms with E-state index in [1.807, 2.05) is 0 Å². The van der Waals surface area contributed by atoms with Crippen molar-refractivity contribution in [2.75, 3.05) is 4.43 Å². The molecule has 0 atom stereocenters. The fourth-order valence-corrected chi connectivity index (χ4v) is 9.53. The Morgan fingerprint density at radius 2 is 0.781 bits per heavy atom. The standard InChI is InChI=1S/C14H15F17I/c15-8(16)6-4-2-1-3-5-7-32(28,29,30,31)14(27)12(23,24)10(19,20)9(17,18)11(21,22)13(14,25)26/h8H,1-7H2/q+1. The molecule has 0 unspecified atom stereocenters. The molecule has 0 radical (unpaired) electrons. The first-order valence-corrected chi connectivity index (χ1v) is 14.3. The first-order valence-electron chi connectivity index (χ1n) is 8.45. The summed E-state index contributed by atoms with van der Waals surface area (Å²) in [5, 5.41) is 0. The van der Waals surface area contributed by atoms with Gasteiger partial charge in [0.2, 0.25) is 0 Å². The minimum atomic E-state index is -13.0. The number of rotatable bonds is 9. The van der Waals surface area contributed by atoms with Crippen molar-refractivity contribution >= 4 is 0 Å². The number of halogens is 18. The Labute approximate surface area is 169 Å². The van der Waals surface area contributed by atoms with Gasteiger partial charge in [0.15, 0.2) is 0 Å². The van der Waals surface area contributed by atoms with Gasteiger partial charge in [-0.15, -0.1) is 0 Å². The molecule has 0 spiro atoms. The van der Waals surface area contributed by atoms with Crippen molar-refractivity contribution in [1.29, 1.82) is 0 Å². The Morgan fingerprint density at radius 1 is 0.469 bits per heavy atom. The van der Waals surface area contributed by atoms with Crippen molar-refractivity contribution in [3.05, 3.63) is 0 Å². The Balaban J connectivity index is 3.45. The van der Waals surface area contributed by atoms with Crippen molar-refractivity contribution in [3.63, 3.8) is 0 Å². The first-order chi connectivity index (χ1) is 13.7. The summed E-state index contributed by atoms with van der Waals surface area (Å²) in [6.45, 7) is 0. The van der Waals surface area contributed by atoms with E-state index in [4.69, 9.17) is 0 Å². The van der Waals surface area contributed by atoms with Crippen molar-refractivity contribution < 1.29 is 86.5 Å². The van der Waals surface area contributed by atoms with Crippen molar-refractivity contribution in [2.45, 2.75) is 78.2 Å². The van der Waals surface area contributed by atoms with Crippen LogP contribution in [0.25, 0.3) is 0 Å². The molecule has 1 saturated carbocycles. The average Bonchev–Trinajstić information content (AvgIpc) is 2.56. The van der Waals surface area contributed by atoms with Crippen LogP contribution in [-0.4, -0.2) is 44.1 Å². The van der Waals surface area contributed by atoms with E-state index in [9.17, 15) is 68.5 Å². The topological polar surface area (TPSA) is 0 Å². The van der Waals surface area contributed by atoms with Gasteiger partial charge in [-0.1, -0.05) is 0 Å². The van der Waals surface area contributed by atoms with E-state index in [1.54, 1.807) is 0 Å². The molecular weight excluding hydrogens is 618 g/mol. The van der Waals surface area contributed by atoms with Crippen LogP contribution in [0, 0.1) is 0 Å². The van der Waals surface area contributed by atoms with E-state index in [0.717, 1.165) is 0 Å². The molecule has 1 aliphatic rings. The van der Waals surface area contributed by atoms with Crippen molar-refractivity contribution in [2.24, 2.45) is 0 Å². The summed E-state index contributed by atoms with van der Waals surface area (Å²) >= 11 is -13.0. The van der Waals surface area contributed by atoms with Crippen LogP contribution in [0.4, 0.5) is 68.5 Å². The van der Waals surface area contributed by atoms with Crippen LogP contribution in [0.15, 0.2) is 0 Å². The molecule has 32 heavy (non-hydrogen) atoms. The van der Waals surface area contributed by atoms with Gasteiger partial charge in [0.25, 0.3) is 0 Å². The summed E-state index contributed by atoms with van der Waals surface area (Å²) in [5.41, 5.74) is 0. The van der Waals surface area contributed by atoms with Gasteiger partial charge in [-0.3, -0.25) is 0 Å². The zero-order valence-corrected chi connectivity index (χ0v) is 17.5. The van der Waals surface area contributed by atoms with Crippen LogP contribution < -0.4 is 18.0 Å². The summed E-state index contributed by atoms with van der Waals surface area (Å²) < 4.78 is 217. The maximum absolute atomic E-state index is 14.4. The summed E-state index contributed by atoms with van der Waals surface area (Å²) in [5.74, 6) is -40.7. The Kier molecular flexibility index (Phi) is 6.72. The van der Waals surface area contributed by atoms with Crippen LogP contribution >= 0.6 is 0 Å². The molecular formula is C14H15F17I+. The van der Waals surface area contributed by atoms with E-state index in [-0.39, 0.29) is 12.8 Å². The zero-order chi connectivity index (χ0) is 25.9. The predicted octanol–water partition coefficient (Wildman–Crippen LogP) is 5.22. The SMILES string of the molecule is FC(F)CCCCCCC[I+](F)(F)(F)(F)C1(F)C(F)(F)C(F)(F)C(F)(F)C(F)(F)C1(F)F. The van der Waals surface area contributed by atoms with E-state index < -0.39 is 87.8 Å². The summed E-state index contributed by atoms with van der Waals surface area (Å²) in [7, 11) is 0. The second kappa shape index (κ2) is 7.27. The van der Waals surface area contributed by atoms with Crippen LogP contribution in [0.3, 0.4) is 0 Å². The molecule has 18 heteroatoms. The molecule has 0 bridgehead atoms. The van der Waals surface area contributed by atoms with Gasteiger partial charge in [-0.25, -0.2) is 0 Å². The fourth-order valence-electron chi connectivity index (χ4n) is 3.03. The molecule has 0 nitrogen and oxygen atoms in total. The molecule has 1 aliphatic carbocycles. The van der Waals surface area contributed by atoms with E-state index in [0.29, 0.717) is 0 Å². The van der Waals surface area contributed by atoms with Gasteiger partial charge in [0.1, 0.15) is 0 Å². The monoisotopic (exact) mass is 633 g/mol. The Morgan fingerprint density at radius 3 is 1.16 bits per heavy atom.